The van der Waals surface area contributed by atoms with Gasteiger partial charge in [-0.3, -0.25) is 14.6 Å². The monoisotopic (exact) mass is 294 g/mol. The minimum atomic E-state index is -3.73. The molecule has 0 saturated carbocycles. The van der Waals surface area contributed by atoms with Crippen LogP contribution in [0.4, 0.5) is 5.82 Å². The molecule has 0 fully saturated rings. The number of hydrogen-bond acceptors (Lipinski definition) is 4. The second-order valence-electron chi connectivity index (χ2n) is 4.12. The van der Waals surface area contributed by atoms with Crippen molar-refractivity contribution in [3.05, 3.63) is 41.6 Å². The molecule has 2 rings (SSSR count). The SMILES string of the molecule is CCc1cn[nH]c1NS(=O)(=O)c1ccc(C(N)=O)cc1. The zero-order chi connectivity index (χ0) is 14.8. The fraction of sp³-hybridized carbons (Fsp3) is 0.167. The maximum atomic E-state index is 12.2. The van der Waals surface area contributed by atoms with Gasteiger partial charge < -0.3 is 5.73 Å². The summed E-state index contributed by atoms with van der Waals surface area (Å²) >= 11 is 0. The van der Waals surface area contributed by atoms with Gasteiger partial charge >= 0.3 is 0 Å². The van der Waals surface area contributed by atoms with Crippen LogP contribution in [0.25, 0.3) is 0 Å². The molecule has 0 aliphatic heterocycles. The van der Waals surface area contributed by atoms with Crippen molar-refractivity contribution in [2.75, 3.05) is 4.72 Å². The number of nitrogens with two attached hydrogens (primary N) is 1. The summed E-state index contributed by atoms with van der Waals surface area (Å²) in [7, 11) is -3.73. The second kappa shape index (κ2) is 5.33. The molecule has 0 bridgehead atoms. The van der Waals surface area contributed by atoms with Crippen LogP contribution < -0.4 is 10.5 Å². The molecular weight excluding hydrogens is 280 g/mol. The summed E-state index contributed by atoms with van der Waals surface area (Å²) in [4.78, 5) is 11.0. The van der Waals surface area contributed by atoms with Gasteiger partial charge in [0.05, 0.1) is 11.1 Å². The van der Waals surface area contributed by atoms with Crippen molar-refractivity contribution >= 4 is 21.7 Å². The number of benzene rings is 1. The zero-order valence-electron chi connectivity index (χ0n) is 10.8. The van der Waals surface area contributed by atoms with Crippen molar-refractivity contribution in [3.8, 4) is 0 Å². The van der Waals surface area contributed by atoms with Gasteiger partial charge in [0, 0.05) is 11.1 Å². The lowest BCUT2D eigenvalue weighted by molar-refractivity contribution is 0.1000. The number of sulfonamides is 1. The normalized spacial score (nSPS) is 11.2. The Morgan fingerprint density at radius 3 is 2.55 bits per heavy atom. The molecular formula is C12H14N4O3S. The van der Waals surface area contributed by atoms with E-state index in [1.807, 2.05) is 6.92 Å². The standard InChI is InChI=1S/C12H14N4O3S/c1-2-8-7-14-15-12(8)16-20(18,19)10-5-3-9(4-6-10)11(13)17/h3-7H,2H2,1H3,(H2,13,17)(H2,14,15,16). The molecule has 0 spiro atoms. The first-order valence-electron chi connectivity index (χ1n) is 5.89. The van der Waals surface area contributed by atoms with Crippen LogP contribution in [0, 0.1) is 0 Å². The molecule has 1 amide bonds. The Morgan fingerprint density at radius 1 is 1.35 bits per heavy atom. The van der Waals surface area contributed by atoms with Gasteiger partial charge in [-0.25, -0.2) is 8.42 Å². The van der Waals surface area contributed by atoms with Gasteiger partial charge in [-0.2, -0.15) is 5.10 Å². The predicted molar refractivity (Wildman–Crippen MR) is 73.7 cm³/mol. The number of aromatic nitrogens is 2. The third-order valence-corrected chi connectivity index (χ3v) is 4.15. The summed E-state index contributed by atoms with van der Waals surface area (Å²) in [6, 6.07) is 5.38. The highest BCUT2D eigenvalue weighted by molar-refractivity contribution is 7.92. The Morgan fingerprint density at radius 2 is 2.00 bits per heavy atom. The number of rotatable bonds is 5. The number of aromatic amines is 1. The third-order valence-electron chi connectivity index (χ3n) is 2.78. The van der Waals surface area contributed by atoms with Gasteiger partial charge in [-0.1, -0.05) is 6.92 Å². The molecule has 1 aromatic carbocycles. The Balaban J connectivity index is 2.28. The van der Waals surface area contributed by atoms with Gasteiger partial charge in [-0.15, -0.1) is 0 Å². The molecule has 2 aromatic rings. The number of anilines is 1. The molecule has 106 valence electrons. The topological polar surface area (TPSA) is 118 Å². The predicted octanol–water partition coefficient (Wildman–Crippen LogP) is 0.872. The van der Waals surface area contributed by atoms with Crippen LogP contribution in [0.15, 0.2) is 35.4 Å². The van der Waals surface area contributed by atoms with Crippen LogP contribution in [-0.2, 0) is 16.4 Å². The van der Waals surface area contributed by atoms with E-state index < -0.39 is 15.9 Å². The Bertz CT molecular complexity index is 719. The molecule has 0 unspecified atom stereocenters. The first-order valence-corrected chi connectivity index (χ1v) is 7.37. The molecule has 0 atom stereocenters. The smallest absolute Gasteiger partial charge is 0.263 e. The van der Waals surface area contributed by atoms with E-state index in [-0.39, 0.29) is 10.5 Å². The van der Waals surface area contributed by atoms with E-state index in [0.717, 1.165) is 5.56 Å². The molecule has 1 aromatic heterocycles. The van der Waals surface area contributed by atoms with Crippen LogP contribution in [0.3, 0.4) is 0 Å². The summed E-state index contributed by atoms with van der Waals surface area (Å²) in [5.74, 6) is -0.268. The van der Waals surface area contributed by atoms with E-state index in [2.05, 4.69) is 14.9 Å². The molecule has 0 aliphatic carbocycles. The summed E-state index contributed by atoms with van der Waals surface area (Å²) < 4.78 is 26.8. The lowest BCUT2D eigenvalue weighted by Crippen LogP contribution is -2.15. The van der Waals surface area contributed by atoms with Crippen molar-refractivity contribution in [2.24, 2.45) is 5.73 Å². The highest BCUT2D eigenvalue weighted by Gasteiger charge is 2.17. The average molecular weight is 294 g/mol. The van der Waals surface area contributed by atoms with E-state index in [9.17, 15) is 13.2 Å². The summed E-state index contributed by atoms with van der Waals surface area (Å²) in [6.45, 7) is 1.89. The fourth-order valence-electron chi connectivity index (χ4n) is 1.66. The maximum absolute atomic E-state index is 12.2. The van der Waals surface area contributed by atoms with Crippen molar-refractivity contribution in [2.45, 2.75) is 18.2 Å². The molecule has 8 heteroatoms. The molecule has 4 N–H and O–H groups in total. The van der Waals surface area contributed by atoms with Crippen molar-refractivity contribution in [1.29, 1.82) is 0 Å². The molecule has 0 saturated heterocycles. The van der Waals surface area contributed by atoms with E-state index in [4.69, 9.17) is 5.73 Å². The number of nitrogens with one attached hydrogen (secondary N) is 2. The van der Waals surface area contributed by atoms with E-state index >= 15 is 0 Å². The van der Waals surface area contributed by atoms with Gasteiger partial charge in [-0.05, 0) is 30.7 Å². The number of carbonyl (C=O) groups excluding carboxylic acids is 1. The maximum Gasteiger partial charge on any atom is 0.263 e. The van der Waals surface area contributed by atoms with Gasteiger partial charge in [0.1, 0.15) is 5.82 Å². The van der Waals surface area contributed by atoms with Gasteiger partial charge in [0.15, 0.2) is 0 Å². The van der Waals surface area contributed by atoms with Gasteiger partial charge in [0.25, 0.3) is 10.0 Å². The number of nitrogens with zero attached hydrogens (tertiary/aromatic N) is 1. The van der Waals surface area contributed by atoms with Crippen molar-refractivity contribution in [1.82, 2.24) is 10.2 Å². The van der Waals surface area contributed by atoms with Crippen LogP contribution in [-0.4, -0.2) is 24.5 Å². The molecule has 7 nitrogen and oxygen atoms in total. The number of hydrogen-bond donors (Lipinski definition) is 3. The zero-order valence-corrected chi connectivity index (χ0v) is 11.6. The minimum Gasteiger partial charge on any atom is -0.366 e. The molecule has 1 heterocycles. The van der Waals surface area contributed by atoms with Gasteiger partial charge in [0.2, 0.25) is 5.91 Å². The Labute approximate surface area is 116 Å². The Kier molecular flexibility index (Phi) is 3.75. The molecule has 0 radical (unpaired) electrons. The number of amides is 1. The van der Waals surface area contributed by atoms with Crippen LogP contribution in [0.1, 0.15) is 22.8 Å². The lowest BCUT2D eigenvalue weighted by atomic mass is 10.2. The summed E-state index contributed by atoms with van der Waals surface area (Å²) in [5.41, 5.74) is 6.12. The summed E-state index contributed by atoms with van der Waals surface area (Å²) in [6.07, 6.45) is 2.21. The molecule has 0 aliphatic rings. The lowest BCUT2D eigenvalue weighted by Gasteiger charge is -2.07. The third kappa shape index (κ3) is 2.80. The number of aryl methyl sites for hydroxylation is 1. The van der Waals surface area contributed by atoms with Crippen LogP contribution in [0.2, 0.25) is 0 Å². The summed E-state index contributed by atoms with van der Waals surface area (Å²) in [5, 5.41) is 6.39. The van der Waals surface area contributed by atoms with E-state index in [0.29, 0.717) is 12.2 Å². The average Bonchev–Trinajstić information content (AvgIpc) is 2.85. The molecule has 20 heavy (non-hydrogen) atoms. The second-order valence-corrected chi connectivity index (χ2v) is 5.80. The van der Waals surface area contributed by atoms with Crippen molar-refractivity contribution in [3.63, 3.8) is 0 Å². The van der Waals surface area contributed by atoms with E-state index in [1.54, 1.807) is 6.20 Å². The van der Waals surface area contributed by atoms with Crippen molar-refractivity contribution < 1.29 is 13.2 Å². The largest absolute Gasteiger partial charge is 0.366 e. The quantitative estimate of drug-likeness (QED) is 0.758. The highest BCUT2D eigenvalue weighted by atomic mass is 32.2. The first-order chi connectivity index (χ1) is 9.44. The highest BCUT2D eigenvalue weighted by Crippen LogP contribution is 2.18. The number of H-pyrrole nitrogens is 1. The Hall–Kier alpha value is -2.35. The van der Waals surface area contributed by atoms with Crippen LogP contribution >= 0.6 is 0 Å². The first kappa shape index (κ1) is 14.1. The van der Waals surface area contributed by atoms with E-state index in [1.165, 1.54) is 24.3 Å². The van der Waals surface area contributed by atoms with Crippen LogP contribution in [0.5, 0.6) is 0 Å². The number of carbonyl (C=O) groups is 1. The number of primary amides is 1. The minimum absolute atomic E-state index is 0.0409. The fourth-order valence-corrected chi connectivity index (χ4v) is 2.72.